The molecule has 1 unspecified atom stereocenters. The van der Waals surface area contributed by atoms with Gasteiger partial charge in [0.1, 0.15) is 0 Å². The van der Waals surface area contributed by atoms with Crippen LogP contribution in [-0.4, -0.2) is 4.99 Å². The van der Waals surface area contributed by atoms with E-state index in [0.29, 0.717) is 6.04 Å². The maximum atomic E-state index is 5.53. The number of hydrogen-bond donors (Lipinski definition) is 0. The van der Waals surface area contributed by atoms with Crippen LogP contribution in [-0.2, 0) is 0 Å². The fraction of sp³-hybridized carbons (Fsp3) is 0.188. The fourth-order valence-electron chi connectivity index (χ4n) is 2.59. The van der Waals surface area contributed by atoms with E-state index in [1.165, 1.54) is 11.3 Å². The third-order valence-corrected chi connectivity index (χ3v) is 3.83. The lowest BCUT2D eigenvalue weighted by atomic mass is 10.0. The molecule has 1 nitrogen and oxygen atoms in total. The van der Waals surface area contributed by atoms with Crippen molar-refractivity contribution < 1.29 is 0 Å². The van der Waals surface area contributed by atoms with Gasteiger partial charge in [0.2, 0.25) is 0 Å². The molecule has 2 heteroatoms. The van der Waals surface area contributed by atoms with Crippen molar-refractivity contribution in [2.24, 2.45) is 0 Å². The van der Waals surface area contributed by atoms with Gasteiger partial charge in [0.25, 0.3) is 0 Å². The number of rotatable bonds is 2. The van der Waals surface area contributed by atoms with Crippen molar-refractivity contribution in [3.05, 3.63) is 66.2 Å². The molecule has 1 aliphatic heterocycles. The lowest BCUT2D eigenvalue weighted by Crippen LogP contribution is -2.25. The molecule has 0 bridgehead atoms. The van der Waals surface area contributed by atoms with Gasteiger partial charge in [0.15, 0.2) is 0 Å². The summed E-state index contributed by atoms with van der Waals surface area (Å²) in [4.78, 5) is 3.35. The van der Waals surface area contributed by atoms with Crippen LogP contribution >= 0.6 is 12.2 Å². The summed E-state index contributed by atoms with van der Waals surface area (Å²) in [6.07, 6.45) is 2.11. The minimum absolute atomic E-state index is 0.390. The molecule has 2 aromatic rings. The van der Waals surface area contributed by atoms with Gasteiger partial charge in [-0.05, 0) is 24.1 Å². The molecular formula is C16H15NS. The summed E-state index contributed by atoms with van der Waals surface area (Å²) >= 11 is 5.53. The van der Waals surface area contributed by atoms with E-state index in [1.54, 1.807) is 0 Å². The van der Waals surface area contributed by atoms with Crippen LogP contribution in [0, 0.1) is 0 Å². The normalized spacial score (nSPS) is 19.2. The second-order valence-electron chi connectivity index (χ2n) is 4.56. The molecule has 1 heterocycles. The molecule has 0 N–H and O–H groups in total. The van der Waals surface area contributed by atoms with Crippen molar-refractivity contribution in [3.63, 3.8) is 0 Å². The highest BCUT2D eigenvalue weighted by Gasteiger charge is 2.30. The van der Waals surface area contributed by atoms with Crippen molar-refractivity contribution in [1.29, 1.82) is 0 Å². The number of nitrogens with zero attached hydrogens (tertiary/aromatic N) is 1. The topological polar surface area (TPSA) is 3.24 Å². The zero-order chi connectivity index (χ0) is 12.4. The van der Waals surface area contributed by atoms with Gasteiger partial charge in [-0.3, -0.25) is 0 Å². The zero-order valence-corrected chi connectivity index (χ0v) is 10.9. The van der Waals surface area contributed by atoms with Crippen LogP contribution in [0.15, 0.2) is 60.7 Å². The molecule has 1 atom stereocenters. The average Bonchev–Trinajstić information content (AvgIpc) is 2.83. The predicted molar refractivity (Wildman–Crippen MR) is 79.9 cm³/mol. The van der Waals surface area contributed by atoms with Gasteiger partial charge in [-0.1, -0.05) is 60.7 Å². The molecule has 0 aliphatic carbocycles. The molecule has 1 aliphatic rings. The van der Waals surface area contributed by atoms with Crippen molar-refractivity contribution in [2.75, 3.05) is 4.90 Å². The Morgan fingerprint density at radius 2 is 1.50 bits per heavy atom. The first kappa shape index (κ1) is 11.4. The number of hydrogen-bond acceptors (Lipinski definition) is 1. The number of benzene rings is 2. The van der Waals surface area contributed by atoms with Crippen LogP contribution in [0.4, 0.5) is 5.69 Å². The van der Waals surface area contributed by atoms with Crippen molar-refractivity contribution in [1.82, 2.24) is 0 Å². The largest absolute Gasteiger partial charge is 0.328 e. The Hall–Kier alpha value is -1.67. The lowest BCUT2D eigenvalue weighted by Gasteiger charge is -2.27. The molecular weight excluding hydrogens is 238 g/mol. The maximum Gasteiger partial charge on any atom is 0.0830 e. The Bertz CT molecular complexity index is 536. The maximum absolute atomic E-state index is 5.53. The quantitative estimate of drug-likeness (QED) is 0.732. The van der Waals surface area contributed by atoms with Crippen molar-refractivity contribution in [2.45, 2.75) is 18.9 Å². The van der Waals surface area contributed by atoms with Gasteiger partial charge >= 0.3 is 0 Å². The molecule has 0 amide bonds. The van der Waals surface area contributed by atoms with E-state index in [9.17, 15) is 0 Å². The molecule has 3 rings (SSSR count). The summed E-state index contributed by atoms with van der Waals surface area (Å²) < 4.78 is 0. The van der Waals surface area contributed by atoms with Gasteiger partial charge in [0.05, 0.1) is 11.0 Å². The first-order valence-corrected chi connectivity index (χ1v) is 6.69. The van der Waals surface area contributed by atoms with E-state index in [1.807, 2.05) is 6.07 Å². The smallest absolute Gasteiger partial charge is 0.0830 e. The number of para-hydroxylation sites is 1. The Kier molecular flexibility index (Phi) is 3.11. The Morgan fingerprint density at radius 1 is 0.889 bits per heavy atom. The van der Waals surface area contributed by atoms with Gasteiger partial charge in [0, 0.05) is 12.1 Å². The molecule has 2 aromatic carbocycles. The SMILES string of the molecule is S=C1CCC(c2ccccc2)N1c1ccccc1. The summed E-state index contributed by atoms with van der Waals surface area (Å²) in [5, 5.41) is 0. The van der Waals surface area contributed by atoms with Crippen molar-refractivity contribution in [3.8, 4) is 0 Å². The fourth-order valence-corrected chi connectivity index (χ4v) is 2.94. The summed E-state index contributed by atoms with van der Waals surface area (Å²) in [5.41, 5.74) is 2.55. The second kappa shape index (κ2) is 4.91. The molecule has 18 heavy (non-hydrogen) atoms. The van der Waals surface area contributed by atoms with E-state index in [2.05, 4.69) is 59.5 Å². The van der Waals surface area contributed by atoms with E-state index in [0.717, 1.165) is 17.8 Å². The second-order valence-corrected chi connectivity index (χ2v) is 5.04. The molecule has 0 radical (unpaired) electrons. The lowest BCUT2D eigenvalue weighted by molar-refractivity contribution is 0.726. The van der Waals surface area contributed by atoms with E-state index >= 15 is 0 Å². The third kappa shape index (κ3) is 2.04. The van der Waals surface area contributed by atoms with Crippen molar-refractivity contribution >= 4 is 22.9 Å². The van der Waals surface area contributed by atoms with Crippen LogP contribution in [0.5, 0.6) is 0 Å². The van der Waals surface area contributed by atoms with E-state index in [-0.39, 0.29) is 0 Å². The third-order valence-electron chi connectivity index (χ3n) is 3.43. The van der Waals surface area contributed by atoms with Gasteiger partial charge in [-0.25, -0.2) is 0 Å². The zero-order valence-electron chi connectivity index (χ0n) is 10.1. The summed E-state index contributed by atoms with van der Waals surface area (Å²) in [6.45, 7) is 0. The Balaban J connectivity index is 1.98. The molecule has 0 spiro atoms. The number of anilines is 1. The van der Waals surface area contributed by atoms with Gasteiger partial charge in [-0.15, -0.1) is 0 Å². The first-order chi connectivity index (χ1) is 8.86. The van der Waals surface area contributed by atoms with Crippen LogP contribution in [0.25, 0.3) is 0 Å². The van der Waals surface area contributed by atoms with E-state index < -0.39 is 0 Å². The molecule has 90 valence electrons. The highest BCUT2D eigenvalue weighted by Crippen LogP contribution is 2.37. The van der Waals surface area contributed by atoms with Gasteiger partial charge in [-0.2, -0.15) is 0 Å². The molecule has 0 aromatic heterocycles. The number of thiocarbonyl (C=S) groups is 1. The molecule has 0 saturated carbocycles. The summed E-state index contributed by atoms with van der Waals surface area (Å²) in [7, 11) is 0. The Labute approximate surface area is 113 Å². The standard InChI is InChI=1S/C16H15NS/c18-16-12-11-15(13-7-3-1-4-8-13)17(16)14-9-5-2-6-10-14/h1-10,15H,11-12H2. The highest BCUT2D eigenvalue weighted by atomic mass is 32.1. The van der Waals surface area contributed by atoms with Crippen LogP contribution < -0.4 is 4.90 Å². The molecule has 1 saturated heterocycles. The van der Waals surface area contributed by atoms with Crippen LogP contribution in [0.2, 0.25) is 0 Å². The average molecular weight is 253 g/mol. The minimum atomic E-state index is 0.390. The van der Waals surface area contributed by atoms with Gasteiger partial charge < -0.3 is 4.90 Å². The minimum Gasteiger partial charge on any atom is -0.328 e. The predicted octanol–water partition coefficient (Wildman–Crippen LogP) is 4.36. The summed E-state index contributed by atoms with van der Waals surface area (Å²) in [6, 6.07) is 21.5. The molecule has 1 fully saturated rings. The summed E-state index contributed by atoms with van der Waals surface area (Å²) in [5.74, 6) is 0. The van der Waals surface area contributed by atoms with Crippen LogP contribution in [0.1, 0.15) is 24.4 Å². The van der Waals surface area contributed by atoms with Crippen LogP contribution in [0.3, 0.4) is 0 Å². The highest BCUT2D eigenvalue weighted by molar-refractivity contribution is 7.80. The van der Waals surface area contributed by atoms with E-state index in [4.69, 9.17) is 12.2 Å². The Morgan fingerprint density at radius 3 is 2.17 bits per heavy atom. The monoisotopic (exact) mass is 253 g/mol. The first-order valence-electron chi connectivity index (χ1n) is 6.28.